The zero-order valence-corrected chi connectivity index (χ0v) is 38.3. The van der Waals surface area contributed by atoms with E-state index in [0.29, 0.717) is 0 Å². The molecule has 14 rings (SSSR count). The summed E-state index contributed by atoms with van der Waals surface area (Å²) in [5, 5.41) is 2.45. The Bertz CT molecular complexity index is 3910. The number of anilines is 6. The minimum atomic E-state index is -0.600. The molecule has 0 saturated carbocycles. The Labute approximate surface area is 408 Å². The molecule has 1 heterocycles. The second-order valence-electron chi connectivity index (χ2n) is 18.4. The van der Waals surface area contributed by atoms with Crippen molar-refractivity contribution in [1.29, 1.82) is 0 Å². The Balaban J connectivity index is 1.05. The van der Waals surface area contributed by atoms with Crippen molar-refractivity contribution >= 4 is 55.9 Å². The van der Waals surface area contributed by atoms with Crippen molar-refractivity contribution in [3.8, 4) is 39.1 Å². The molecule has 1 spiro atoms. The first-order valence-electron chi connectivity index (χ1n) is 24.2. The second-order valence-corrected chi connectivity index (χ2v) is 18.4. The standard InChI is InChI=1S/C67H45N3/c1-5-22-46(23-6-1)52-30-15-19-37-62(52)69(51-41-43-56-55-32-16-20-38-63(55)70(65(56)45-51)49-28-11-4-12-29-49)50-40-42-54-53-31-13-17-34-58(53)67(61(54)44-50)59-35-18-14-33-57(59)66-60(67)36-21-39-64(66)68(47-24-7-2-8-25-47)48-26-9-3-10-27-48/h1-45H. The first-order valence-corrected chi connectivity index (χ1v) is 24.2. The highest BCUT2D eigenvalue weighted by Gasteiger charge is 2.52. The lowest BCUT2D eigenvalue weighted by atomic mass is 9.70. The molecule has 3 nitrogen and oxygen atoms in total. The number of para-hydroxylation sites is 5. The van der Waals surface area contributed by atoms with Gasteiger partial charge in [0.2, 0.25) is 0 Å². The summed E-state index contributed by atoms with van der Waals surface area (Å²) in [5.41, 5.74) is 22.1. The minimum Gasteiger partial charge on any atom is -0.310 e. The maximum atomic E-state index is 2.51. The number of nitrogens with zero attached hydrogens (tertiary/aromatic N) is 3. The van der Waals surface area contributed by atoms with Crippen LogP contribution < -0.4 is 9.80 Å². The summed E-state index contributed by atoms with van der Waals surface area (Å²) in [4.78, 5) is 4.93. The molecule has 0 radical (unpaired) electrons. The summed E-state index contributed by atoms with van der Waals surface area (Å²) < 4.78 is 2.42. The van der Waals surface area contributed by atoms with Crippen LogP contribution in [0.15, 0.2) is 273 Å². The predicted octanol–water partition coefficient (Wildman–Crippen LogP) is 17.7. The van der Waals surface area contributed by atoms with E-state index in [1.807, 2.05) is 0 Å². The monoisotopic (exact) mass is 891 g/mol. The molecule has 328 valence electrons. The fourth-order valence-corrected chi connectivity index (χ4v) is 12.0. The summed E-state index contributed by atoms with van der Waals surface area (Å²) in [5.74, 6) is 0. The van der Waals surface area contributed by atoms with Crippen molar-refractivity contribution in [2.75, 3.05) is 9.80 Å². The number of fused-ring (bicyclic) bond motifs is 13. The maximum Gasteiger partial charge on any atom is 0.0727 e. The molecule has 1 aromatic heterocycles. The fourth-order valence-electron chi connectivity index (χ4n) is 12.0. The Kier molecular flexibility index (Phi) is 9.11. The molecule has 0 N–H and O–H groups in total. The number of aromatic nitrogens is 1. The van der Waals surface area contributed by atoms with Gasteiger partial charge in [-0.2, -0.15) is 0 Å². The van der Waals surface area contributed by atoms with Crippen molar-refractivity contribution in [1.82, 2.24) is 4.57 Å². The number of hydrogen-bond acceptors (Lipinski definition) is 2. The van der Waals surface area contributed by atoms with Gasteiger partial charge in [-0.1, -0.05) is 194 Å². The van der Waals surface area contributed by atoms with Gasteiger partial charge in [-0.25, -0.2) is 0 Å². The van der Waals surface area contributed by atoms with E-state index in [1.165, 1.54) is 66.4 Å². The Morgan fingerprint density at radius 2 is 0.786 bits per heavy atom. The van der Waals surface area contributed by atoms with Gasteiger partial charge in [0, 0.05) is 50.3 Å². The molecule has 0 bridgehead atoms. The summed E-state index contributed by atoms with van der Waals surface area (Å²) in [6.07, 6.45) is 0. The lowest BCUT2D eigenvalue weighted by Crippen LogP contribution is -2.26. The molecule has 70 heavy (non-hydrogen) atoms. The predicted molar refractivity (Wildman–Crippen MR) is 292 cm³/mol. The van der Waals surface area contributed by atoms with Crippen LogP contribution in [0.5, 0.6) is 0 Å². The van der Waals surface area contributed by atoms with Crippen molar-refractivity contribution in [3.05, 3.63) is 295 Å². The summed E-state index contributed by atoms with van der Waals surface area (Å²) in [7, 11) is 0. The maximum absolute atomic E-state index is 2.51. The lowest BCUT2D eigenvalue weighted by Gasteiger charge is -2.33. The third-order valence-electron chi connectivity index (χ3n) is 14.8. The fraction of sp³-hybridized carbons (Fsp3) is 0.0149. The van der Waals surface area contributed by atoms with E-state index in [4.69, 9.17) is 0 Å². The molecular formula is C67H45N3. The van der Waals surface area contributed by atoms with Gasteiger partial charge in [0.05, 0.1) is 27.8 Å². The summed E-state index contributed by atoms with van der Waals surface area (Å²) >= 11 is 0. The van der Waals surface area contributed by atoms with Gasteiger partial charge in [0.15, 0.2) is 0 Å². The van der Waals surface area contributed by atoms with E-state index in [2.05, 4.69) is 287 Å². The molecule has 0 amide bonds. The zero-order chi connectivity index (χ0) is 46.2. The van der Waals surface area contributed by atoms with Crippen molar-refractivity contribution in [2.24, 2.45) is 0 Å². The first kappa shape index (κ1) is 39.9. The largest absolute Gasteiger partial charge is 0.310 e. The molecule has 2 aliphatic carbocycles. The van der Waals surface area contributed by atoms with E-state index >= 15 is 0 Å². The first-order chi connectivity index (χ1) is 34.8. The van der Waals surface area contributed by atoms with Crippen LogP contribution in [0.1, 0.15) is 22.3 Å². The molecule has 3 heteroatoms. The highest BCUT2D eigenvalue weighted by molar-refractivity contribution is 6.11. The number of benzene rings is 11. The van der Waals surface area contributed by atoms with Crippen LogP contribution in [0.3, 0.4) is 0 Å². The van der Waals surface area contributed by atoms with E-state index in [9.17, 15) is 0 Å². The molecule has 0 saturated heterocycles. The topological polar surface area (TPSA) is 11.4 Å². The molecule has 11 aromatic carbocycles. The van der Waals surface area contributed by atoms with Gasteiger partial charge in [-0.3, -0.25) is 0 Å². The third-order valence-corrected chi connectivity index (χ3v) is 14.8. The Hall–Kier alpha value is -9.18. The van der Waals surface area contributed by atoms with Gasteiger partial charge in [-0.15, -0.1) is 0 Å². The van der Waals surface area contributed by atoms with Crippen LogP contribution in [-0.2, 0) is 5.41 Å². The average Bonchev–Trinajstić information content (AvgIpc) is 4.04. The van der Waals surface area contributed by atoms with E-state index in [0.717, 1.165) is 50.9 Å². The van der Waals surface area contributed by atoms with Crippen molar-refractivity contribution in [3.63, 3.8) is 0 Å². The molecule has 1 unspecified atom stereocenters. The normalized spacial score (nSPS) is 14.1. The highest BCUT2D eigenvalue weighted by Crippen LogP contribution is 2.65. The van der Waals surface area contributed by atoms with Gasteiger partial charge in [0.25, 0.3) is 0 Å². The molecular weight excluding hydrogens is 847 g/mol. The van der Waals surface area contributed by atoms with Crippen molar-refractivity contribution < 1.29 is 0 Å². The van der Waals surface area contributed by atoms with Crippen LogP contribution in [0.4, 0.5) is 34.1 Å². The molecule has 1 atom stereocenters. The van der Waals surface area contributed by atoms with Crippen molar-refractivity contribution in [2.45, 2.75) is 5.41 Å². The van der Waals surface area contributed by atoms with Crippen LogP contribution >= 0.6 is 0 Å². The molecule has 12 aromatic rings. The SMILES string of the molecule is c1ccc(-c2ccccc2N(c2ccc3c(c2)C2(c4ccccc4-3)c3ccccc3-c3c(N(c4ccccc4)c4ccccc4)cccc32)c2ccc3c4ccccc4n(-c4ccccc4)c3c2)cc1. The lowest BCUT2D eigenvalue weighted by molar-refractivity contribution is 0.793. The molecule has 0 fully saturated rings. The smallest absolute Gasteiger partial charge is 0.0727 e. The van der Waals surface area contributed by atoms with Gasteiger partial charge < -0.3 is 14.4 Å². The summed E-state index contributed by atoms with van der Waals surface area (Å²) in [6.45, 7) is 0. The second kappa shape index (κ2) is 16.0. The number of hydrogen-bond donors (Lipinski definition) is 0. The van der Waals surface area contributed by atoms with Gasteiger partial charge in [-0.05, 0) is 123 Å². The quantitative estimate of drug-likeness (QED) is 0.151. The summed E-state index contributed by atoms with van der Waals surface area (Å²) in [6, 6.07) is 100. The molecule has 0 aliphatic heterocycles. The molecule has 2 aliphatic rings. The Morgan fingerprint density at radius 1 is 0.286 bits per heavy atom. The van der Waals surface area contributed by atoms with Gasteiger partial charge in [0.1, 0.15) is 0 Å². The minimum absolute atomic E-state index is 0.600. The van der Waals surface area contributed by atoms with E-state index in [-0.39, 0.29) is 0 Å². The van der Waals surface area contributed by atoms with Crippen LogP contribution in [-0.4, -0.2) is 4.57 Å². The third kappa shape index (κ3) is 5.88. The zero-order valence-electron chi connectivity index (χ0n) is 38.3. The Morgan fingerprint density at radius 3 is 1.53 bits per heavy atom. The van der Waals surface area contributed by atoms with Crippen LogP contribution in [0, 0.1) is 0 Å². The van der Waals surface area contributed by atoms with Crippen LogP contribution in [0.25, 0.3) is 60.9 Å². The van der Waals surface area contributed by atoms with Crippen LogP contribution in [0.2, 0.25) is 0 Å². The van der Waals surface area contributed by atoms with Gasteiger partial charge >= 0.3 is 0 Å². The van der Waals surface area contributed by atoms with E-state index < -0.39 is 5.41 Å². The number of rotatable bonds is 8. The van der Waals surface area contributed by atoms with E-state index in [1.54, 1.807) is 0 Å². The average molecular weight is 892 g/mol. The highest BCUT2D eigenvalue weighted by atomic mass is 15.2.